The molecule has 2 fully saturated rings. The zero-order valence-electron chi connectivity index (χ0n) is 12.1. The summed E-state index contributed by atoms with van der Waals surface area (Å²) in [7, 11) is 0. The van der Waals surface area contributed by atoms with Crippen LogP contribution in [-0.4, -0.2) is 35.8 Å². The summed E-state index contributed by atoms with van der Waals surface area (Å²) in [6.07, 6.45) is 5.64. The van der Waals surface area contributed by atoms with Gasteiger partial charge in [0.15, 0.2) is 0 Å². The summed E-state index contributed by atoms with van der Waals surface area (Å²) in [4.78, 5) is 7.00. The molecule has 0 saturated carbocycles. The summed E-state index contributed by atoms with van der Waals surface area (Å²) >= 11 is 0. The molecule has 0 amide bonds. The van der Waals surface area contributed by atoms with Crippen molar-refractivity contribution in [1.29, 1.82) is 0 Å². The molecule has 2 aliphatic rings. The summed E-state index contributed by atoms with van der Waals surface area (Å²) in [5.41, 5.74) is 0. The molecule has 0 radical (unpaired) electrons. The van der Waals surface area contributed by atoms with Crippen LogP contribution >= 0.6 is 0 Å². The van der Waals surface area contributed by atoms with E-state index in [1.807, 2.05) is 24.4 Å². The van der Waals surface area contributed by atoms with E-state index in [1.165, 1.54) is 25.8 Å². The van der Waals surface area contributed by atoms with Gasteiger partial charge in [0, 0.05) is 30.7 Å². The van der Waals surface area contributed by atoms with Gasteiger partial charge in [0.2, 0.25) is 0 Å². The largest absolute Gasteiger partial charge is 0.508 e. The zero-order chi connectivity index (χ0) is 14.2. The van der Waals surface area contributed by atoms with Crippen molar-refractivity contribution < 1.29 is 5.11 Å². The van der Waals surface area contributed by atoms with Gasteiger partial charge in [-0.05, 0) is 55.3 Å². The number of hydrogen-bond donors (Lipinski definition) is 2. The molecule has 2 saturated heterocycles. The summed E-state index contributed by atoms with van der Waals surface area (Å²) in [5.74, 6) is 2.06. The highest BCUT2D eigenvalue weighted by atomic mass is 16.3. The lowest BCUT2D eigenvalue weighted by atomic mass is 9.85. The first kappa shape index (κ1) is 12.9. The number of hydrogen-bond acceptors (Lipinski definition) is 4. The van der Waals surface area contributed by atoms with Gasteiger partial charge in [-0.2, -0.15) is 0 Å². The normalized spacial score (nSPS) is 25.8. The summed E-state index contributed by atoms with van der Waals surface area (Å²) in [6, 6.07) is 8.22. The molecule has 2 N–H and O–H groups in total. The van der Waals surface area contributed by atoms with Gasteiger partial charge < -0.3 is 15.3 Å². The van der Waals surface area contributed by atoms with E-state index >= 15 is 0 Å². The molecular formula is C17H21N3O. The molecule has 0 bridgehead atoms. The van der Waals surface area contributed by atoms with E-state index in [2.05, 4.69) is 15.2 Å². The zero-order valence-corrected chi connectivity index (χ0v) is 12.1. The first-order chi connectivity index (χ1) is 10.3. The van der Waals surface area contributed by atoms with Gasteiger partial charge in [-0.15, -0.1) is 0 Å². The smallest absolute Gasteiger partial charge is 0.136 e. The topological polar surface area (TPSA) is 48.4 Å². The van der Waals surface area contributed by atoms with Crippen molar-refractivity contribution in [3.8, 4) is 5.75 Å². The van der Waals surface area contributed by atoms with Crippen LogP contribution in [0.25, 0.3) is 10.8 Å². The van der Waals surface area contributed by atoms with E-state index in [4.69, 9.17) is 0 Å². The third-order valence-electron chi connectivity index (χ3n) is 4.92. The van der Waals surface area contributed by atoms with Crippen molar-refractivity contribution in [2.24, 2.45) is 5.92 Å². The molecule has 4 heteroatoms. The Kier molecular flexibility index (Phi) is 3.19. The first-order valence-electron chi connectivity index (χ1n) is 7.87. The Morgan fingerprint density at radius 2 is 2.19 bits per heavy atom. The number of benzene rings is 1. The lowest BCUT2D eigenvalue weighted by molar-refractivity contribution is 0.244. The number of anilines is 1. The Morgan fingerprint density at radius 3 is 3.14 bits per heavy atom. The van der Waals surface area contributed by atoms with Gasteiger partial charge >= 0.3 is 0 Å². The number of aromatic nitrogens is 1. The Hall–Kier alpha value is -1.81. The number of piperidine rings is 2. The second-order valence-corrected chi connectivity index (χ2v) is 6.24. The third-order valence-corrected chi connectivity index (χ3v) is 4.92. The lowest BCUT2D eigenvalue weighted by Gasteiger charge is -2.42. The standard InChI is InChI=1S/C17H21N3O/c21-14-4-3-12-5-8-19-17(15(12)10-14)20-9-6-16-13(11-20)2-1-7-18-16/h3-5,8,10,13,16,18,21H,1-2,6-7,9,11H2. The molecule has 110 valence electrons. The fourth-order valence-electron chi connectivity index (χ4n) is 3.83. The van der Waals surface area contributed by atoms with E-state index in [0.29, 0.717) is 11.8 Å². The van der Waals surface area contributed by atoms with Gasteiger partial charge in [0.25, 0.3) is 0 Å². The number of phenolic OH excluding ortho intramolecular Hbond substituents is 1. The summed E-state index contributed by atoms with van der Waals surface area (Å²) in [5, 5.41) is 15.6. The highest BCUT2D eigenvalue weighted by molar-refractivity contribution is 5.93. The monoisotopic (exact) mass is 283 g/mol. The van der Waals surface area contributed by atoms with Crippen molar-refractivity contribution in [2.45, 2.75) is 25.3 Å². The third kappa shape index (κ3) is 2.33. The predicted molar refractivity (Wildman–Crippen MR) is 84.8 cm³/mol. The quantitative estimate of drug-likeness (QED) is 0.844. The maximum Gasteiger partial charge on any atom is 0.136 e. The maximum atomic E-state index is 9.78. The van der Waals surface area contributed by atoms with Crippen LogP contribution in [-0.2, 0) is 0 Å². The van der Waals surface area contributed by atoms with Gasteiger partial charge in [-0.25, -0.2) is 4.98 Å². The Labute approximate surface area is 124 Å². The van der Waals surface area contributed by atoms with Crippen LogP contribution in [0.15, 0.2) is 30.5 Å². The lowest BCUT2D eigenvalue weighted by Crippen LogP contribution is -2.52. The molecule has 1 aromatic heterocycles. The fourth-order valence-corrected chi connectivity index (χ4v) is 3.83. The molecular weight excluding hydrogens is 262 g/mol. The second kappa shape index (κ2) is 5.19. The number of rotatable bonds is 1. The van der Waals surface area contributed by atoms with Gasteiger partial charge in [0.1, 0.15) is 11.6 Å². The molecule has 21 heavy (non-hydrogen) atoms. The minimum Gasteiger partial charge on any atom is -0.508 e. The van der Waals surface area contributed by atoms with E-state index in [0.717, 1.165) is 35.6 Å². The molecule has 0 spiro atoms. The fraction of sp³-hybridized carbons (Fsp3) is 0.471. The molecule has 4 rings (SSSR count). The molecule has 2 aliphatic heterocycles. The number of nitrogens with one attached hydrogen (secondary N) is 1. The first-order valence-corrected chi connectivity index (χ1v) is 7.87. The average molecular weight is 283 g/mol. The molecule has 0 aliphatic carbocycles. The van der Waals surface area contributed by atoms with Crippen LogP contribution in [0.4, 0.5) is 5.82 Å². The summed E-state index contributed by atoms with van der Waals surface area (Å²) < 4.78 is 0. The minimum atomic E-state index is 0.311. The maximum absolute atomic E-state index is 9.78. The van der Waals surface area contributed by atoms with Crippen LogP contribution in [0.2, 0.25) is 0 Å². The average Bonchev–Trinajstić information content (AvgIpc) is 2.54. The number of aromatic hydroxyl groups is 1. The SMILES string of the molecule is Oc1ccc2ccnc(N3CCC4NCCCC4C3)c2c1. The number of pyridine rings is 1. The van der Waals surface area contributed by atoms with Gasteiger partial charge in [-0.3, -0.25) is 0 Å². The van der Waals surface area contributed by atoms with Crippen LogP contribution in [0.5, 0.6) is 5.75 Å². The molecule has 4 nitrogen and oxygen atoms in total. The van der Waals surface area contributed by atoms with E-state index in [-0.39, 0.29) is 0 Å². The van der Waals surface area contributed by atoms with Crippen LogP contribution in [0.3, 0.4) is 0 Å². The Morgan fingerprint density at radius 1 is 1.24 bits per heavy atom. The van der Waals surface area contributed by atoms with Gasteiger partial charge in [0.05, 0.1) is 0 Å². The molecule has 2 atom stereocenters. The van der Waals surface area contributed by atoms with Gasteiger partial charge in [-0.1, -0.05) is 6.07 Å². The number of nitrogens with zero attached hydrogens (tertiary/aromatic N) is 2. The van der Waals surface area contributed by atoms with Crippen molar-refractivity contribution >= 4 is 16.6 Å². The highest BCUT2D eigenvalue weighted by Gasteiger charge is 2.31. The minimum absolute atomic E-state index is 0.311. The van der Waals surface area contributed by atoms with E-state index in [9.17, 15) is 5.11 Å². The summed E-state index contributed by atoms with van der Waals surface area (Å²) in [6.45, 7) is 3.27. The second-order valence-electron chi connectivity index (χ2n) is 6.24. The van der Waals surface area contributed by atoms with Crippen LogP contribution in [0, 0.1) is 5.92 Å². The van der Waals surface area contributed by atoms with E-state index in [1.54, 1.807) is 6.07 Å². The molecule has 3 heterocycles. The van der Waals surface area contributed by atoms with Crippen molar-refractivity contribution in [2.75, 3.05) is 24.5 Å². The van der Waals surface area contributed by atoms with Crippen LogP contribution < -0.4 is 10.2 Å². The molecule has 2 unspecified atom stereocenters. The number of fused-ring (bicyclic) bond motifs is 2. The van der Waals surface area contributed by atoms with E-state index < -0.39 is 0 Å². The molecule has 2 aromatic rings. The number of phenols is 1. The van der Waals surface area contributed by atoms with Crippen molar-refractivity contribution in [3.05, 3.63) is 30.5 Å². The predicted octanol–water partition coefficient (Wildman–Crippen LogP) is 2.52. The molecule has 1 aromatic carbocycles. The van der Waals surface area contributed by atoms with Crippen LogP contribution in [0.1, 0.15) is 19.3 Å². The Balaban J connectivity index is 1.68. The Bertz CT molecular complexity index is 658. The van der Waals surface area contributed by atoms with Crippen molar-refractivity contribution in [1.82, 2.24) is 10.3 Å². The highest BCUT2D eigenvalue weighted by Crippen LogP contribution is 2.32. The van der Waals surface area contributed by atoms with Crippen molar-refractivity contribution in [3.63, 3.8) is 0 Å².